The van der Waals surface area contributed by atoms with Gasteiger partial charge in [0, 0.05) is 17.5 Å². The average Bonchev–Trinajstić information content (AvgIpc) is 2.98. The molecule has 0 atom stereocenters. The fourth-order valence-electron chi connectivity index (χ4n) is 2.24. The van der Waals surface area contributed by atoms with Crippen LogP contribution < -0.4 is 0 Å². The van der Waals surface area contributed by atoms with Crippen molar-refractivity contribution < 1.29 is 18.3 Å². The summed E-state index contributed by atoms with van der Waals surface area (Å²) in [5.74, 6) is -1.08. The Morgan fingerprint density at radius 2 is 2.18 bits per heavy atom. The number of thiophene rings is 2. The highest BCUT2D eigenvalue weighted by Gasteiger charge is 2.39. The van der Waals surface area contributed by atoms with Crippen molar-refractivity contribution >= 4 is 38.7 Å². The monoisotopic (exact) mass is 357 g/mol. The molecule has 0 bridgehead atoms. The Morgan fingerprint density at radius 3 is 2.68 bits per heavy atom. The molecule has 5 nitrogen and oxygen atoms in total. The number of aromatic carboxylic acids is 1. The SMILES string of the molecule is Cc1cc(S(=O)(=O)N(Cc2cccs2)C2CC2)sc1C(=O)O. The summed E-state index contributed by atoms with van der Waals surface area (Å²) in [6.45, 7) is 1.98. The Balaban J connectivity index is 1.95. The number of sulfonamides is 1. The number of rotatable bonds is 6. The molecule has 0 aromatic carbocycles. The number of carboxylic acid groups (broad SMARTS) is 1. The van der Waals surface area contributed by atoms with Crippen molar-refractivity contribution in [1.82, 2.24) is 4.31 Å². The molecule has 1 aliphatic rings. The molecule has 0 saturated heterocycles. The Morgan fingerprint density at radius 1 is 1.45 bits per heavy atom. The van der Waals surface area contributed by atoms with Crippen LogP contribution in [0.1, 0.15) is 33.0 Å². The van der Waals surface area contributed by atoms with E-state index in [-0.39, 0.29) is 15.1 Å². The van der Waals surface area contributed by atoms with Crippen LogP contribution in [0.4, 0.5) is 0 Å². The van der Waals surface area contributed by atoms with E-state index in [1.807, 2.05) is 17.5 Å². The first-order valence-electron chi connectivity index (χ1n) is 6.77. The van der Waals surface area contributed by atoms with Gasteiger partial charge in [-0.1, -0.05) is 6.07 Å². The Labute approximate surface area is 136 Å². The molecule has 2 heterocycles. The van der Waals surface area contributed by atoms with E-state index >= 15 is 0 Å². The van der Waals surface area contributed by atoms with Crippen LogP contribution in [0.15, 0.2) is 27.8 Å². The molecule has 0 unspecified atom stereocenters. The normalized spacial score (nSPS) is 15.4. The summed E-state index contributed by atoms with van der Waals surface area (Å²) >= 11 is 2.36. The lowest BCUT2D eigenvalue weighted by molar-refractivity contribution is 0.0701. The Hall–Kier alpha value is -1.22. The summed E-state index contributed by atoms with van der Waals surface area (Å²) in [5, 5.41) is 11.0. The number of aryl methyl sites for hydroxylation is 1. The third-order valence-corrected chi connectivity index (χ3v) is 7.93. The lowest BCUT2D eigenvalue weighted by Crippen LogP contribution is -2.31. The second-order valence-corrected chi connectivity index (χ2v) is 9.45. The maximum absolute atomic E-state index is 12.9. The summed E-state index contributed by atoms with van der Waals surface area (Å²) in [6.07, 6.45) is 1.72. The largest absolute Gasteiger partial charge is 0.477 e. The van der Waals surface area contributed by atoms with E-state index in [1.54, 1.807) is 6.92 Å². The van der Waals surface area contributed by atoms with Gasteiger partial charge in [-0.25, -0.2) is 13.2 Å². The van der Waals surface area contributed by atoms with E-state index in [2.05, 4.69) is 0 Å². The molecule has 118 valence electrons. The highest BCUT2D eigenvalue weighted by Crippen LogP contribution is 2.37. The number of hydrogen-bond donors (Lipinski definition) is 1. The van der Waals surface area contributed by atoms with E-state index in [1.165, 1.54) is 21.7 Å². The summed E-state index contributed by atoms with van der Waals surface area (Å²) < 4.78 is 27.4. The fourth-order valence-corrected chi connectivity index (χ4v) is 6.19. The Kier molecular flexibility index (Phi) is 4.11. The molecular weight excluding hydrogens is 342 g/mol. The smallest absolute Gasteiger partial charge is 0.346 e. The van der Waals surface area contributed by atoms with Crippen LogP contribution in [0.5, 0.6) is 0 Å². The molecule has 0 radical (unpaired) electrons. The number of carboxylic acids is 1. The summed E-state index contributed by atoms with van der Waals surface area (Å²) in [6, 6.07) is 5.31. The van der Waals surface area contributed by atoms with Gasteiger partial charge in [-0.2, -0.15) is 4.31 Å². The van der Waals surface area contributed by atoms with Gasteiger partial charge in [0.05, 0.1) is 0 Å². The quantitative estimate of drug-likeness (QED) is 0.862. The zero-order chi connectivity index (χ0) is 15.9. The number of carbonyl (C=O) groups is 1. The van der Waals surface area contributed by atoms with Crippen molar-refractivity contribution in [2.75, 3.05) is 0 Å². The molecule has 1 N–H and O–H groups in total. The first-order chi connectivity index (χ1) is 10.4. The van der Waals surface area contributed by atoms with Crippen LogP contribution in [0.2, 0.25) is 0 Å². The predicted octanol–water partition coefficient (Wildman–Crippen LogP) is 3.17. The van der Waals surface area contributed by atoms with Gasteiger partial charge in [-0.05, 0) is 42.8 Å². The van der Waals surface area contributed by atoms with Gasteiger partial charge < -0.3 is 5.11 Å². The van der Waals surface area contributed by atoms with Gasteiger partial charge in [0.1, 0.15) is 9.09 Å². The number of nitrogens with zero attached hydrogens (tertiary/aromatic N) is 1. The highest BCUT2D eigenvalue weighted by atomic mass is 32.2. The lowest BCUT2D eigenvalue weighted by atomic mass is 10.3. The van der Waals surface area contributed by atoms with Crippen LogP contribution in [-0.4, -0.2) is 29.8 Å². The predicted molar refractivity (Wildman–Crippen MR) is 86.1 cm³/mol. The van der Waals surface area contributed by atoms with Gasteiger partial charge >= 0.3 is 5.97 Å². The van der Waals surface area contributed by atoms with Crippen molar-refractivity contribution in [2.24, 2.45) is 0 Å². The lowest BCUT2D eigenvalue weighted by Gasteiger charge is -2.20. The van der Waals surface area contributed by atoms with Crippen LogP contribution >= 0.6 is 22.7 Å². The van der Waals surface area contributed by atoms with Crippen LogP contribution in [0.3, 0.4) is 0 Å². The molecule has 0 spiro atoms. The minimum Gasteiger partial charge on any atom is -0.477 e. The Bertz CT molecular complexity index is 788. The van der Waals surface area contributed by atoms with Crippen LogP contribution in [0.25, 0.3) is 0 Å². The minimum absolute atomic E-state index is 0.0304. The van der Waals surface area contributed by atoms with Gasteiger partial charge in [0.2, 0.25) is 0 Å². The van der Waals surface area contributed by atoms with E-state index in [9.17, 15) is 13.2 Å². The summed E-state index contributed by atoms with van der Waals surface area (Å²) in [4.78, 5) is 12.2. The molecule has 1 aliphatic carbocycles. The van der Waals surface area contributed by atoms with Crippen molar-refractivity contribution in [2.45, 2.75) is 36.6 Å². The van der Waals surface area contributed by atoms with Gasteiger partial charge in [0.25, 0.3) is 10.0 Å². The fraction of sp³-hybridized carbons (Fsp3) is 0.357. The van der Waals surface area contributed by atoms with Gasteiger partial charge in [-0.15, -0.1) is 22.7 Å². The van der Waals surface area contributed by atoms with E-state index < -0.39 is 16.0 Å². The van der Waals surface area contributed by atoms with Crippen molar-refractivity contribution in [3.8, 4) is 0 Å². The molecule has 22 heavy (non-hydrogen) atoms. The minimum atomic E-state index is -3.65. The van der Waals surface area contributed by atoms with E-state index in [4.69, 9.17) is 5.11 Å². The topological polar surface area (TPSA) is 74.7 Å². The molecule has 1 fully saturated rings. The zero-order valence-electron chi connectivity index (χ0n) is 11.9. The summed E-state index contributed by atoms with van der Waals surface area (Å²) in [5.41, 5.74) is 0.489. The number of hydrogen-bond acceptors (Lipinski definition) is 5. The third-order valence-electron chi connectivity index (χ3n) is 3.50. The van der Waals surface area contributed by atoms with Crippen LogP contribution in [0, 0.1) is 6.92 Å². The molecule has 0 aliphatic heterocycles. The first kappa shape index (κ1) is 15.7. The molecule has 3 rings (SSSR count). The standard InChI is InChI=1S/C14H15NO4S3/c1-9-7-12(21-13(9)14(16)17)22(18,19)15(10-4-5-10)8-11-3-2-6-20-11/h2-3,6-7,10H,4-5,8H2,1H3,(H,16,17). The maximum Gasteiger partial charge on any atom is 0.346 e. The molecule has 2 aromatic rings. The van der Waals surface area contributed by atoms with Crippen molar-refractivity contribution in [3.63, 3.8) is 0 Å². The average molecular weight is 357 g/mol. The maximum atomic E-state index is 12.9. The van der Waals surface area contributed by atoms with E-state index in [0.29, 0.717) is 12.1 Å². The van der Waals surface area contributed by atoms with Gasteiger partial charge in [0.15, 0.2) is 0 Å². The molecular formula is C14H15NO4S3. The van der Waals surface area contributed by atoms with Crippen molar-refractivity contribution in [1.29, 1.82) is 0 Å². The highest BCUT2D eigenvalue weighted by molar-refractivity contribution is 7.91. The first-order valence-corrected chi connectivity index (χ1v) is 9.91. The second kappa shape index (κ2) is 5.77. The van der Waals surface area contributed by atoms with Crippen LogP contribution in [-0.2, 0) is 16.6 Å². The molecule has 2 aromatic heterocycles. The van der Waals surface area contributed by atoms with Gasteiger partial charge in [-0.3, -0.25) is 0 Å². The van der Waals surface area contributed by atoms with Crippen molar-refractivity contribution in [3.05, 3.63) is 38.9 Å². The molecule has 0 amide bonds. The molecule has 1 saturated carbocycles. The van der Waals surface area contributed by atoms with E-state index in [0.717, 1.165) is 29.1 Å². The molecule has 8 heteroatoms. The second-order valence-electron chi connectivity index (χ2n) is 5.24. The third kappa shape index (κ3) is 2.96. The zero-order valence-corrected chi connectivity index (χ0v) is 14.3. The summed E-state index contributed by atoms with van der Waals surface area (Å²) in [7, 11) is -3.65.